The third kappa shape index (κ3) is 3.86. The van der Waals surface area contributed by atoms with Crippen LogP contribution in [0.3, 0.4) is 0 Å². The molecule has 4 nitrogen and oxygen atoms in total. The minimum absolute atomic E-state index is 0.360. The summed E-state index contributed by atoms with van der Waals surface area (Å²) < 4.78 is 6.14. The summed E-state index contributed by atoms with van der Waals surface area (Å²) in [5, 5.41) is 0. The molecule has 0 N–H and O–H groups in total. The van der Waals surface area contributed by atoms with Crippen molar-refractivity contribution in [1.29, 1.82) is 0 Å². The van der Waals surface area contributed by atoms with Gasteiger partial charge in [-0.2, -0.15) is 0 Å². The largest absolute Gasteiger partial charge is 0.372 e. The van der Waals surface area contributed by atoms with Crippen molar-refractivity contribution in [1.82, 2.24) is 14.8 Å². The molecule has 0 bridgehead atoms. The third-order valence-electron chi connectivity index (χ3n) is 5.05. The average molecular weight is 343 g/mol. The number of hydrogen-bond acceptors (Lipinski definition) is 5. The van der Waals surface area contributed by atoms with Crippen LogP contribution in [0.5, 0.6) is 0 Å². The van der Waals surface area contributed by atoms with E-state index >= 15 is 0 Å². The molecule has 0 aromatic carbocycles. The van der Waals surface area contributed by atoms with E-state index in [4.69, 9.17) is 4.74 Å². The van der Waals surface area contributed by atoms with Crippen molar-refractivity contribution in [3.05, 3.63) is 52.0 Å². The predicted octanol–water partition coefficient (Wildman–Crippen LogP) is 2.93. The molecule has 5 heteroatoms. The van der Waals surface area contributed by atoms with Gasteiger partial charge in [-0.1, -0.05) is 6.07 Å². The van der Waals surface area contributed by atoms with Gasteiger partial charge in [0.05, 0.1) is 12.7 Å². The molecule has 0 radical (unpaired) electrons. The minimum atomic E-state index is 0.360. The Balaban J connectivity index is 1.27. The van der Waals surface area contributed by atoms with Crippen LogP contribution in [-0.2, 0) is 17.9 Å². The van der Waals surface area contributed by atoms with Crippen LogP contribution >= 0.6 is 11.3 Å². The van der Waals surface area contributed by atoms with Crippen LogP contribution in [0.1, 0.15) is 21.7 Å². The molecule has 2 saturated heterocycles. The van der Waals surface area contributed by atoms with Gasteiger partial charge in [-0.25, -0.2) is 0 Å². The lowest BCUT2D eigenvalue weighted by molar-refractivity contribution is 0.0457. The number of aryl methyl sites for hydroxylation is 1. The monoisotopic (exact) mass is 343 g/mol. The number of thiophene rings is 1. The number of piperazine rings is 1. The first-order valence-electron chi connectivity index (χ1n) is 8.78. The lowest BCUT2D eigenvalue weighted by atomic mass is 10.1. The first-order valence-corrected chi connectivity index (χ1v) is 9.60. The van der Waals surface area contributed by atoms with Crippen molar-refractivity contribution in [3.8, 4) is 0 Å². The van der Waals surface area contributed by atoms with E-state index in [2.05, 4.69) is 39.9 Å². The highest BCUT2D eigenvalue weighted by Crippen LogP contribution is 2.26. The normalized spacial score (nSPS) is 25.0. The summed E-state index contributed by atoms with van der Waals surface area (Å²) >= 11 is 1.93. The quantitative estimate of drug-likeness (QED) is 0.835. The molecule has 2 aliphatic heterocycles. The second kappa shape index (κ2) is 7.31. The molecular weight excluding hydrogens is 318 g/mol. The highest BCUT2D eigenvalue weighted by Gasteiger charge is 2.36. The molecule has 0 aliphatic carbocycles. The van der Waals surface area contributed by atoms with Crippen LogP contribution in [-0.4, -0.2) is 53.1 Å². The van der Waals surface area contributed by atoms with Crippen LogP contribution in [0.4, 0.5) is 0 Å². The Bertz CT molecular complexity index is 660. The Morgan fingerprint density at radius 1 is 1.25 bits per heavy atom. The highest BCUT2D eigenvalue weighted by molar-refractivity contribution is 7.11. The Morgan fingerprint density at radius 3 is 3.00 bits per heavy atom. The Morgan fingerprint density at radius 2 is 2.21 bits per heavy atom. The fraction of sp³-hybridized carbons (Fsp3) is 0.526. The maximum atomic E-state index is 6.14. The summed E-state index contributed by atoms with van der Waals surface area (Å²) in [5.41, 5.74) is 1.16. The van der Waals surface area contributed by atoms with Gasteiger partial charge in [0.2, 0.25) is 0 Å². The maximum absolute atomic E-state index is 6.14. The average Bonchev–Trinajstić information content (AvgIpc) is 3.19. The second-order valence-corrected chi connectivity index (χ2v) is 8.30. The Labute approximate surface area is 148 Å². The van der Waals surface area contributed by atoms with E-state index in [0.717, 1.165) is 25.1 Å². The van der Waals surface area contributed by atoms with Crippen molar-refractivity contribution in [2.75, 3.05) is 26.2 Å². The van der Waals surface area contributed by atoms with E-state index in [1.165, 1.54) is 29.4 Å². The molecule has 4 rings (SSSR count). The van der Waals surface area contributed by atoms with Crippen LogP contribution < -0.4 is 0 Å². The summed E-state index contributed by atoms with van der Waals surface area (Å²) in [4.78, 5) is 12.3. The summed E-state index contributed by atoms with van der Waals surface area (Å²) in [5.74, 6) is 0. The van der Waals surface area contributed by atoms with Gasteiger partial charge in [-0.3, -0.25) is 14.8 Å². The molecule has 4 heterocycles. The zero-order valence-electron chi connectivity index (χ0n) is 14.2. The van der Waals surface area contributed by atoms with Crippen LogP contribution in [0.15, 0.2) is 36.7 Å². The van der Waals surface area contributed by atoms with E-state index in [1.807, 2.05) is 29.8 Å². The number of rotatable bonds is 5. The molecule has 2 atom stereocenters. The molecule has 0 saturated carbocycles. The molecule has 2 fully saturated rings. The fourth-order valence-electron chi connectivity index (χ4n) is 3.81. The van der Waals surface area contributed by atoms with Crippen molar-refractivity contribution < 1.29 is 4.74 Å². The molecule has 2 aromatic rings. The van der Waals surface area contributed by atoms with Crippen molar-refractivity contribution >= 4 is 11.3 Å². The van der Waals surface area contributed by atoms with Gasteiger partial charge in [0.15, 0.2) is 0 Å². The summed E-state index contributed by atoms with van der Waals surface area (Å²) in [6.07, 6.45) is 5.22. The Hall–Kier alpha value is -1.27. The molecule has 24 heavy (non-hydrogen) atoms. The first-order chi connectivity index (χ1) is 11.8. The minimum Gasteiger partial charge on any atom is -0.372 e. The number of ether oxygens (including phenoxy) is 1. The molecule has 2 aliphatic rings. The van der Waals surface area contributed by atoms with E-state index in [-0.39, 0.29) is 0 Å². The van der Waals surface area contributed by atoms with Gasteiger partial charge in [0, 0.05) is 60.9 Å². The number of aromatic nitrogens is 1. The third-order valence-corrected chi connectivity index (χ3v) is 6.03. The first kappa shape index (κ1) is 16.2. The highest BCUT2D eigenvalue weighted by atomic mass is 32.1. The molecule has 0 spiro atoms. The predicted molar refractivity (Wildman–Crippen MR) is 97.1 cm³/mol. The Kier molecular flexibility index (Phi) is 4.94. The lowest BCUT2D eigenvalue weighted by Crippen LogP contribution is -2.49. The van der Waals surface area contributed by atoms with Crippen LogP contribution in [0.2, 0.25) is 0 Å². The van der Waals surface area contributed by atoms with Crippen LogP contribution in [0, 0.1) is 6.92 Å². The van der Waals surface area contributed by atoms with Crippen molar-refractivity contribution in [2.24, 2.45) is 0 Å². The smallest absolute Gasteiger partial charge is 0.0736 e. The summed E-state index contributed by atoms with van der Waals surface area (Å²) in [6, 6.07) is 9.22. The number of pyridine rings is 1. The molecule has 2 aromatic heterocycles. The molecule has 128 valence electrons. The van der Waals surface area contributed by atoms with Gasteiger partial charge in [0.25, 0.3) is 0 Å². The zero-order valence-corrected chi connectivity index (χ0v) is 15.0. The molecular formula is C19H25N3OS. The number of fused-ring (bicyclic) bond motifs is 1. The van der Waals surface area contributed by atoms with Gasteiger partial charge in [-0.15, -0.1) is 11.3 Å². The second-order valence-electron chi connectivity index (χ2n) is 6.93. The molecule has 2 unspecified atom stereocenters. The van der Waals surface area contributed by atoms with Gasteiger partial charge >= 0.3 is 0 Å². The maximum Gasteiger partial charge on any atom is 0.0736 e. The van der Waals surface area contributed by atoms with Gasteiger partial charge in [0.1, 0.15) is 0 Å². The van der Waals surface area contributed by atoms with Crippen LogP contribution in [0.25, 0.3) is 0 Å². The zero-order chi connectivity index (χ0) is 16.4. The van der Waals surface area contributed by atoms with E-state index in [9.17, 15) is 0 Å². The standard InChI is InChI=1S/C19H25N3OS/c1-15-4-5-19(24-15)13-21-7-8-22-12-18(9-17(22)11-21)23-14-16-3-2-6-20-10-16/h2-6,10,17-18H,7-9,11-14H2,1H3. The number of hydrogen-bond donors (Lipinski definition) is 0. The van der Waals surface area contributed by atoms with E-state index in [1.54, 1.807) is 0 Å². The van der Waals surface area contributed by atoms with Gasteiger partial charge in [-0.05, 0) is 37.1 Å². The van der Waals surface area contributed by atoms with E-state index < -0.39 is 0 Å². The van der Waals surface area contributed by atoms with Gasteiger partial charge < -0.3 is 4.74 Å². The summed E-state index contributed by atoms with van der Waals surface area (Å²) in [6.45, 7) is 8.56. The van der Waals surface area contributed by atoms with Crippen molar-refractivity contribution in [3.63, 3.8) is 0 Å². The number of nitrogens with zero attached hydrogens (tertiary/aromatic N) is 3. The fourth-order valence-corrected chi connectivity index (χ4v) is 4.75. The van der Waals surface area contributed by atoms with E-state index in [0.29, 0.717) is 18.8 Å². The van der Waals surface area contributed by atoms with Crippen molar-refractivity contribution in [2.45, 2.75) is 38.6 Å². The SMILES string of the molecule is Cc1ccc(CN2CCN3CC(OCc4cccnc4)CC3C2)s1. The lowest BCUT2D eigenvalue weighted by Gasteiger charge is -2.37. The topological polar surface area (TPSA) is 28.6 Å². The summed E-state index contributed by atoms with van der Waals surface area (Å²) in [7, 11) is 0. The molecule has 0 amide bonds.